The zero-order valence-electron chi connectivity index (χ0n) is 6.67. The van der Waals surface area contributed by atoms with Crippen LogP contribution in [0.3, 0.4) is 0 Å². The Morgan fingerprint density at radius 1 is 1.70 bits per heavy atom. The van der Waals surface area contributed by atoms with E-state index in [2.05, 4.69) is 24.8 Å². The van der Waals surface area contributed by atoms with E-state index in [0.717, 1.165) is 19.4 Å². The van der Waals surface area contributed by atoms with Crippen LogP contribution >= 0.6 is 0 Å². The van der Waals surface area contributed by atoms with E-state index in [1.807, 2.05) is 0 Å². The Balaban J connectivity index is 2.45. The van der Waals surface area contributed by atoms with E-state index in [-0.39, 0.29) is 0 Å². The van der Waals surface area contributed by atoms with E-state index in [1.165, 1.54) is 0 Å². The van der Waals surface area contributed by atoms with E-state index >= 15 is 0 Å². The zero-order chi connectivity index (χ0) is 7.56. The van der Waals surface area contributed by atoms with Gasteiger partial charge in [-0.2, -0.15) is 0 Å². The highest BCUT2D eigenvalue weighted by Gasteiger charge is 2.27. The van der Waals surface area contributed by atoms with E-state index in [4.69, 9.17) is 5.26 Å². The Bertz CT molecular complexity index is 152. The van der Waals surface area contributed by atoms with Crippen LogP contribution < -0.4 is 0 Å². The van der Waals surface area contributed by atoms with Crippen molar-refractivity contribution in [1.82, 2.24) is 4.90 Å². The molecule has 0 N–H and O–H groups in total. The van der Waals surface area contributed by atoms with Crippen LogP contribution in [0.25, 0.3) is 0 Å². The summed E-state index contributed by atoms with van der Waals surface area (Å²) in [5.41, 5.74) is 0. The number of rotatable bonds is 0. The fraction of sp³-hybridized carbons (Fsp3) is 0.857. The van der Waals surface area contributed by atoms with Crippen LogP contribution in [0, 0.1) is 11.2 Å². The van der Waals surface area contributed by atoms with Crippen LogP contribution in [0.2, 0.25) is 12.1 Å². The van der Waals surface area contributed by atoms with Gasteiger partial charge in [-0.05, 0) is 32.3 Å². The number of hydrogen-bond acceptors (Lipinski definition) is 2. The van der Waals surface area contributed by atoms with Crippen LogP contribution in [-0.4, -0.2) is 31.7 Å². The molecule has 1 unspecified atom stereocenters. The van der Waals surface area contributed by atoms with E-state index in [9.17, 15) is 0 Å². The average molecular weight is 136 g/mol. The topological polar surface area (TPSA) is 27.0 Å². The maximum Gasteiger partial charge on any atom is 0.273 e. The lowest BCUT2D eigenvalue weighted by Gasteiger charge is -2.28. The Kier molecular flexibility index (Phi) is 2.34. The van der Waals surface area contributed by atoms with Crippen LogP contribution in [0.1, 0.15) is 6.92 Å². The molecule has 0 aromatic rings. The summed E-state index contributed by atoms with van der Waals surface area (Å²) in [4.78, 5) is 2.29. The first-order valence-corrected chi connectivity index (χ1v) is 3.82. The summed E-state index contributed by atoms with van der Waals surface area (Å²) in [6, 6.07) is 0. The van der Waals surface area contributed by atoms with Crippen molar-refractivity contribution in [2.45, 2.75) is 19.1 Å². The van der Waals surface area contributed by atoms with Crippen molar-refractivity contribution in [3.63, 3.8) is 0 Å². The molecule has 0 saturated carbocycles. The highest BCUT2D eigenvalue weighted by molar-refractivity contribution is 6.68. The maximum absolute atomic E-state index is 8.68. The van der Waals surface area contributed by atoms with Crippen molar-refractivity contribution in [1.29, 1.82) is 5.26 Å². The molecule has 1 aliphatic rings. The summed E-state index contributed by atoms with van der Waals surface area (Å²) in [5.74, 6) is 2.91. The molecule has 1 fully saturated rings. The molecule has 0 bridgehead atoms. The van der Waals surface area contributed by atoms with Gasteiger partial charge in [0.15, 0.2) is 0 Å². The monoisotopic (exact) mass is 136 g/mol. The molecule has 0 aliphatic carbocycles. The minimum atomic E-state index is 0.302. The largest absolute Gasteiger partial charge is 0.307 e. The molecule has 10 heavy (non-hydrogen) atoms. The molecule has 54 valence electrons. The second kappa shape index (κ2) is 3.07. The Labute approximate surface area is 62.9 Å². The molecule has 0 radical (unpaired) electrons. The third-order valence-corrected chi connectivity index (χ3v) is 2.27. The van der Waals surface area contributed by atoms with Gasteiger partial charge in [-0.3, -0.25) is 0 Å². The van der Waals surface area contributed by atoms with Crippen LogP contribution in [0.4, 0.5) is 0 Å². The van der Waals surface area contributed by atoms with Crippen molar-refractivity contribution < 1.29 is 0 Å². The fourth-order valence-corrected chi connectivity index (χ4v) is 1.55. The van der Waals surface area contributed by atoms with Gasteiger partial charge in [-0.25, -0.2) is 5.26 Å². The first kappa shape index (κ1) is 7.62. The maximum atomic E-state index is 8.68. The van der Waals surface area contributed by atoms with Crippen molar-refractivity contribution >= 4 is 6.71 Å². The minimum absolute atomic E-state index is 0.302. The molecule has 1 heterocycles. The summed E-state index contributed by atoms with van der Waals surface area (Å²) < 4.78 is 0. The van der Waals surface area contributed by atoms with Gasteiger partial charge < -0.3 is 4.90 Å². The van der Waals surface area contributed by atoms with Crippen molar-refractivity contribution in [2.24, 2.45) is 0 Å². The summed E-state index contributed by atoms with van der Waals surface area (Å²) in [6.07, 6.45) is 1.05. The second-order valence-electron chi connectivity index (χ2n) is 3.26. The molecule has 0 aromatic heterocycles. The third kappa shape index (κ3) is 1.51. The molecule has 1 rings (SSSR count). The third-order valence-electron chi connectivity index (χ3n) is 2.27. The van der Waals surface area contributed by atoms with Crippen molar-refractivity contribution in [3.05, 3.63) is 0 Å². The quantitative estimate of drug-likeness (QED) is 0.462. The van der Waals surface area contributed by atoms with Crippen LogP contribution in [0.15, 0.2) is 0 Å². The fourth-order valence-electron chi connectivity index (χ4n) is 1.55. The van der Waals surface area contributed by atoms with E-state index in [1.54, 1.807) is 0 Å². The Morgan fingerprint density at radius 2 is 2.40 bits per heavy atom. The summed E-state index contributed by atoms with van der Waals surface area (Å²) in [6.45, 7) is 4.63. The lowest BCUT2D eigenvalue weighted by Crippen LogP contribution is -2.38. The summed E-state index contributed by atoms with van der Waals surface area (Å²) in [5, 5.41) is 8.68. The molecule has 1 atom stereocenters. The highest BCUT2D eigenvalue weighted by atomic mass is 15.1. The summed E-state index contributed by atoms with van der Waals surface area (Å²) in [7, 11) is 2.12. The van der Waals surface area contributed by atoms with Gasteiger partial charge in [0.25, 0.3) is 6.71 Å². The highest BCUT2D eigenvalue weighted by Crippen LogP contribution is 2.18. The molecule has 1 aliphatic heterocycles. The standard InChI is InChI=1S/C7H13BN2/c1-7-5-10(2)4-3-8(7)6-9/h7H,3-5H2,1-2H3. The molecule has 0 aromatic carbocycles. The number of nitriles is 1. The predicted octanol–water partition coefficient (Wildman–Crippen LogP) is 0.879. The lowest BCUT2D eigenvalue weighted by molar-refractivity contribution is 0.335. The molecule has 0 amide bonds. The van der Waals surface area contributed by atoms with Crippen LogP contribution in [-0.2, 0) is 0 Å². The van der Waals surface area contributed by atoms with Gasteiger partial charge in [-0.1, -0.05) is 6.92 Å². The molecule has 0 spiro atoms. The normalized spacial score (nSPS) is 28.1. The number of hydrogen-bond donors (Lipinski definition) is 0. The first-order chi connectivity index (χ1) is 4.74. The van der Waals surface area contributed by atoms with Gasteiger partial charge >= 0.3 is 0 Å². The van der Waals surface area contributed by atoms with Crippen molar-refractivity contribution in [2.75, 3.05) is 20.1 Å². The molecule has 1 saturated heterocycles. The summed E-state index contributed by atoms with van der Waals surface area (Å²) >= 11 is 0. The first-order valence-electron chi connectivity index (χ1n) is 3.82. The van der Waals surface area contributed by atoms with Gasteiger partial charge in [0.1, 0.15) is 0 Å². The Morgan fingerprint density at radius 3 is 2.90 bits per heavy atom. The average Bonchev–Trinajstić information content (AvgIpc) is 1.88. The van der Waals surface area contributed by atoms with Gasteiger partial charge in [0, 0.05) is 5.97 Å². The lowest BCUT2D eigenvalue weighted by atomic mass is 9.39. The molecular weight excluding hydrogens is 123 g/mol. The minimum Gasteiger partial charge on any atom is -0.307 e. The molecule has 2 nitrogen and oxygen atoms in total. The van der Waals surface area contributed by atoms with E-state index in [0.29, 0.717) is 12.5 Å². The van der Waals surface area contributed by atoms with Gasteiger partial charge in [-0.15, -0.1) is 0 Å². The Hall–Kier alpha value is -0.485. The SMILES string of the molecule is CC1CN(C)CCB1C#N. The van der Waals surface area contributed by atoms with Crippen molar-refractivity contribution in [3.8, 4) is 5.97 Å². The second-order valence-corrected chi connectivity index (χ2v) is 3.26. The van der Waals surface area contributed by atoms with Gasteiger partial charge in [0.05, 0.1) is 0 Å². The number of nitrogens with zero attached hydrogens (tertiary/aromatic N) is 2. The van der Waals surface area contributed by atoms with Gasteiger partial charge in [0.2, 0.25) is 0 Å². The predicted molar refractivity (Wildman–Crippen MR) is 43.1 cm³/mol. The zero-order valence-corrected chi connectivity index (χ0v) is 6.67. The van der Waals surface area contributed by atoms with Crippen LogP contribution in [0.5, 0.6) is 0 Å². The molecular formula is C7H13BN2. The van der Waals surface area contributed by atoms with E-state index < -0.39 is 0 Å². The smallest absolute Gasteiger partial charge is 0.273 e. The molecule has 3 heteroatoms.